The van der Waals surface area contributed by atoms with Gasteiger partial charge >= 0.3 is 6.03 Å². The van der Waals surface area contributed by atoms with Crippen LogP contribution in [0.15, 0.2) is 18.2 Å². The van der Waals surface area contributed by atoms with E-state index in [9.17, 15) is 14.4 Å². The first-order valence-electron chi connectivity index (χ1n) is 9.55. The molecule has 1 aliphatic carbocycles. The van der Waals surface area contributed by atoms with Crippen molar-refractivity contribution in [3.63, 3.8) is 0 Å². The van der Waals surface area contributed by atoms with Gasteiger partial charge in [-0.3, -0.25) is 19.8 Å². The number of aromatic nitrogens is 3. The van der Waals surface area contributed by atoms with E-state index in [2.05, 4.69) is 31.1 Å². The molecule has 4 N–H and O–H groups in total. The monoisotopic (exact) mass is 385 g/mol. The third-order valence-electron chi connectivity index (χ3n) is 5.32. The molecule has 0 aromatic carbocycles. The van der Waals surface area contributed by atoms with Crippen molar-refractivity contribution < 1.29 is 14.4 Å². The number of allylic oxidation sites excluding steroid dienone is 2. The zero-order chi connectivity index (χ0) is 19.6. The number of nitrogens with zero attached hydrogens (tertiary/aromatic N) is 3. The molecule has 0 bridgehead atoms. The van der Waals surface area contributed by atoms with Gasteiger partial charge in [0, 0.05) is 19.5 Å². The Balaban J connectivity index is 1.32. The van der Waals surface area contributed by atoms with Crippen LogP contribution in [0, 0.1) is 0 Å². The maximum absolute atomic E-state index is 12.7. The number of H-pyrrole nitrogens is 1. The predicted octanol–water partition coefficient (Wildman–Crippen LogP) is 0.888. The van der Waals surface area contributed by atoms with Crippen LogP contribution < -0.4 is 16.0 Å². The van der Waals surface area contributed by atoms with Crippen LogP contribution in [0.25, 0.3) is 5.70 Å². The van der Waals surface area contributed by atoms with Gasteiger partial charge < -0.3 is 15.6 Å². The molecule has 10 nitrogen and oxygen atoms in total. The highest BCUT2D eigenvalue weighted by Crippen LogP contribution is 2.33. The van der Waals surface area contributed by atoms with Crippen LogP contribution in [0.5, 0.6) is 0 Å². The minimum atomic E-state index is -0.763. The molecule has 2 aliphatic heterocycles. The predicted molar refractivity (Wildman–Crippen MR) is 101 cm³/mol. The zero-order valence-electron chi connectivity index (χ0n) is 15.5. The molecule has 3 heterocycles. The molecule has 1 saturated heterocycles. The van der Waals surface area contributed by atoms with Crippen molar-refractivity contribution in [2.45, 2.75) is 44.1 Å². The van der Waals surface area contributed by atoms with Crippen molar-refractivity contribution >= 4 is 29.5 Å². The molecule has 1 aromatic heterocycles. The van der Waals surface area contributed by atoms with Gasteiger partial charge in [-0.2, -0.15) is 0 Å². The third kappa shape index (κ3) is 3.49. The van der Waals surface area contributed by atoms with Crippen LogP contribution >= 0.6 is 0 Å². The van der Waals surface area contributed by atoms with E-state index < -0.39 is 11.6 Å². The normalized spacial score (nSPS) is 20.7. The highest BCUT2D eigenvalue weighted by molar-refractivity contribution is 6.07. The topological polar surface area (TPSA) is 132 Å². The number of nitrogens with one attached hydrogen (secondary N) is 4. The molecule has 1 aromatic rings. The van der Waals surface area contributed by atoms with E-state index in [1.807, 2.05) is 18.2 Å². The molecule has 0 unspecified atom stereocenters. The molecule has 1 spiro atoms. The molecule has 4 rings (SSSR count). The second-order valence-corrected chi connectivity index (χ2v) is 7.24. The van der Waals surface area contributed by atoms with E-state index in [0.717, 1.165) is 29.9 Å². The van der Waals surface area contributed by atoms with Crippen molar-refractivity contribution in [2.24, 2.45) is 0 Å². The van der Waals surface area contributed by atoms with Gasteiger partial charge in [0.25, 0.3) is 5.91 Å². The number of urea groups is 1. The Morgan fingerprint density at radius 3 is 2.79 bits per heavy atom. The number of imide groups is 1. The molecule has 0 radical (unpaired) electrons. The largest absolute Gasteiger partial charge is 0.379 e. The minimum absolute atomic E-state index is 0.00500. The quantitative estimate of drug-likeness (QED) is 0.557. The van der Waals surface area contributed by atoms with E-state index in [1.54, 1.807) is 0 Å². The molecule has 3 aliphatic rings. The first kappa shape index (κ1) is 18.2. The van der Waals surface area contributed by atoms with Crippen LogP contribution in [-0.2, 0) is 9.59 Å². The summed E-state index contributed by atoms with van der Waals surface area (Å²) in [5, 5.41) is 16.5. The number of amides is 4. The minimum Gasteiger partial charge on any atom is -0.379 e. The summed E-state index contributed by atoms with van der Waals surface area (Å²) >= 11 is 0. The molecule has 28 heavy (non-hydrogen) atoms. The van der Waals surface area contributed by atoms with Crippen LogP contribution in [0.2, 0.25) is 0 Å². The molecule has 4 amide bonds. The Labute approximate surface area is 161 Å². The summed E-state index contributed by atoms with van der Waals surface area (Å²) in [5.41, 5.74) is 0.0217. The standard InChI is InChI=1S/C18H23N7O3/c26-13(20-16-21-14(23-24-16)12-6-2-5-10-19-12)7-11-25-15(27)18(22-17(25)28)8-3-1-4-9-18/h2,5-6,19H,1,3-4,7-11H2,(H,22,28)(H2,20,21,23,24,26). The van der Waals surface area contributed by atoms with E-state index >= 15 is 0 Å². The number of anilines is 1. The van der Waals surface area contributed by atoms with E-state index in [0.29, 0.717) is 25.2 Å². The van der Waals surface area contributed by atoms with Crippen molar-refractivity contribution in [3.05, 3.63) is 24.1 Å². The average Bonchev–Trinajstić information content (AvgIpc) is 3.25. The van der Waals surface area contributed by atoms with Gasteiger partial charge in [0.2, 0.25) is 11.9 Å². The molecular formula is C18H23N7O3. The third-order valence-corrected chi connectivity index (χ3v) is 5.32. The summed E-state index contributed by atoms with van der Waals surface area (Å²) in [7, 11) is 0. The van der Waals surface area contributed by atoms with Gasteiger partial charge in [-0.05, 0) is 18.9 Å². The van der Waals surface area contributed by atoms with Gasteiger partial charge in [-0.25, -0.2) is 4.79 Å². The number of hydrogen-bond acceptors (Lipinski definition) is 6. The molecule has 2 fully saturated rings. The second kappa shape index (κ2) is 7.45. The number of dihydropyridines is 1. The summed E-state index contributed by atoms with van der Waals surface area (Å²) in [5.74, 6) is 0.180. The lowest BCUT2D eigenvalue weighted by atomic mass is 9.82. The molecule has 1 saturated carbocycles. The van der Waals surface area contributed by atoms with E-state index in [4.69, 9.17) is 0 Å². The number of aromatic amines is 1. The number of hydrogen-bond donors (Lipinski definition) is 4. The van der Waals surface area contributed by atoms with E-state index in [-0.39, 0.29) is 30.7 Å². The van der Waals surface area contributed by atoms with Gasteiger partial charge in [0.1, 0.15) is 5.54 Å². The lowest BCUT2D eigenvalue weighted by Crippen LogP contribution is -2.48. The highest BCUT2D eigenvalue weighted by Gasteiger charge is 2.51. The van der Waals surface area contributed by atoms with Crippen LogP contribution in [0.4, 0.5) is 10.7 Å². The molecule has 0 atom stereocenters. The average molecular weight is 385 g/mol. The fraction of sp³-hybridized carbons (Fsp3) is 0.500. The van der Waals surface area contributed by atoms with Gasteiger partial charge in [0.05, 0.1) is 5.70 Å². The van der Waals surface area contributed by atoms with Gasteiger partial charge in [0.15, 0.2) is 5.82 Å². The highest BCUT2D eigenvalue weighted by atomic mass is 16.2. The number of carbonyl (C=O) groups is 3. The summed E-state index contributed by atoms with van der Waals surface area (Å²) < 4.78 is 0. The Kier molecular flexibility index (Phi) is 4.84. The summed E-state index contributed by atoms with van der Waals surface area (Å²) in [4.78, 5) is 41.2. The Bertz CT molecular complexity index is 851. The first-order valence-corrected chi connectivity index (χ1v) is 9.55. The Morgan fingerprint density at radius 1 is 1.21 bits per heavy atom. The van der Waals surface area contributed by atoms with E-state index in [1.165, 1.54) is 0 Å². The van der Waals surface area contributed by atoms with Crippen LogP contribution in [0.1, 0.15) is 44.3 Å². The molecule has 148 valence electrons. The Morgan fingerprint density at radius 2 is 2.04 bits per heavy atom. The lowest BCUT2D eigenvalue weighted by Gasteiger charge is -2.30. The lowest BCUT2D eigenvalue weighted by molar-refractivity contribution is -0.132. The van der Waals surface area contributed by atoms with Crippen molar-refractivity contribution in [3.8, 4) is 0 Å². The van der Waals surface area contributed by atoms with Crippen LogP contribution in [-0.4, -0.2) is 56.6 Å². The zero-order valence-corrected chi connectivity index (χ0v) is 15.5. The second-order valence-electron chi connectivity index (χ2n) is 7.24. The SMILES string of the molecule is O=C(CCN1C(=O)NC2(CCCCC2)C1=O)Nc1nnc(C2=CC=CCN2)[nH]1. The van der Waals surface area contributed by atoms with Crippen molar-refractivity contribution in [1.82, 2.24) is 30.7 Å². The maximum atomic E-state index is 12.7. The number of carbonyl (C=O) groups excluding carboxylic acids is 3. The number of rotatable bonds is 5. The first-order chi connectivity index (χ1) is 13.6. The van der Waals surface area contributed by atoms with Crippen molar-refractivity contribution in [2.75, 3.05) is 18.4 Å². The Hall–Kier alpha value is -3.17. The van der Waals surface area contributed by atoms with Gasteiger partial charge in [-0.15, -0.1) is 10.2 Å². The van der Waals surface area contributed by atoms with Crippen molar-refractivity contribution in [1.29, 1.82) is 0 Å². The molecular weight excluding hydrogens is 362 g/mol. The maximum Gasteiger partial charge on any atom is 0.325 e. The summed E-state index contributed by atoms with van der Waals surface area (Å²) in [6.07, 6.45) is 9.99. The smallest absolute Gasteiger partial charge is 0.325 e. The molecule has 10 heteroatoms. The van der Waals surface area contributed by atoms with Gasteiger partial charge in [-0.1, -0.05) is 31.4 Å². The van der Waals surface area contributed by atoms with Crippen LogP contribution in [0.3, 0.4) is 0 Å². The summed E-state index contributed by atoms with van der Waals surface area (Å²) in [6, 6.07) is -0.412. The fourth-order valence-corrected chi connectivity index (χ4v) is 3.84. The summed E-state index contributed by atoms with van der Waals surface area (Å²) in [6.45, 7) is 0.735. The fourth-order valence-electron chi connectivity index (χ4n) is 3.84.